The predicted molar refractivity (Wildman–Crippen MR) is 87.5 cm³/mol. The van der Waals surface area contributed by atoms with E-state index in [9.17, 15) is 0 Å². The SMILES string of the molecule is CCCSc1ncc(CN2CCC[C@@]3(CCNC3)C2)cn1. The first-order valence-electron chi connectivity index (χ1n) is 8.16. The summed E-state index contributed by atoms with van der Waals surface area (Å²) in [6.45, 7) is 8.03. The van der Waals surface area contributed by atoms with E-state index in [1.807, 2.05) is 12.4 Å². The summed E-state index contributed by atoms with van der Waals surface area (Å²) in [6.07, 6.45) is 9.25. The zero-order chi connectivity index (χ0) is 14.5. The Morgan fingerprint density at radius 3 is 2.90 bits per heavy atom. The van der Waals surface area contributed by atoms with Gasteiger partial charge >= 0.3 is 0 Å². The maximum absolute atomic E-state index is 4.48. The molecular weight excluding hydrogens is 280 g/mol. The fraction of sp³-hybridized carbons (Fsp3) is 0.750. The third-order valence-corrected chi connectivity index (χ3v) is 5.68. The average Bonchev–Trinajstić information content (AvgIpc) is 2.94. The van der Waals surface area contributed by atoms with Gasteiger partial charge in [-0.05, 0) is 44.2 Å². The second-order valence-electron chi connectivity index (χ2n) is 6.46. The Hall–Kier alpha value is -0.650. The number of piperidine rings is 1. The number of hydrogen-bond acceptors (Lipinski definition) is 5. The van der Waals surface area contributed by atoms with Crippen molar-refractivity contribution in [1.82, 2.24) is 20.2 Å². The van der Waals surface area contributed by atoms with E-state index >= 15 is 0 Å². The van der Waals surface area contributed by atoms with Gasteiger partial charge in [-0.25, -0.2) is 9.97 Å². The van der Waals surface area contributed by atoms with Gasteiger partial charge in [0.15, 0.2) is 5.16 Å². The molecule has 3 heterocycles. The quantitative estimate of drug-likeness (QED) is 0.669. The zero-order valence-electron chi connectivity index (χ0n) is 13.0. The van der Waals surface area contributed by atoms with Crippen LogP contribution in [-0.4, -0.2) is 46.8 Å². The molecule has 0 bridgehead atoms. The van der Waals surface area contributed by atoms with Crippen LogP contribution in [-0.2, 0) is 6.54 Å². The summed E-state index contributed by atoms with van der Waals surface area (Å²) in [5.74, 6) is 1.10. The molecule has 4 nitrogen and oxygen atoms in total. The maximum atomic E-state index is 4.48. The van der Waals surface area contributed by atoms with E-state index in [1.165, 1.54) is 57.4 Å². The molecule has 0 aliphatic carbocycles. The number of likely N-dealkylation sites (tertiary alicyclic amines) is 1. The van der Waals surface area contributed by atoms with Crippen molar-refractivity contribution in [2.75, 3.05) is 31.9 Å². The van der Waals surface area contributed by atoms with Gasteiger partial charge in [0.1, 0.15) is 0 Å². The standard InChI is InChI=1S/C16H26N4S/c1-2-8-21-15-18-9-14(10-19-15)11-20-7-3-4-16(13-20)5-6-17-12-16/h9-10,17H,2-8,11-13H2,1H3/t16-/m0/s1. The lowest BCUT2D eigenvalue weighted by atomic mass is 9.79. The minimum absolute atomic E-state index is 0.538. The number of thioether (sulfide) groups is 1. The first-order chi connectivity index (χ1) is 10.3. The molecule has 1 N–H and O–H groups in total. The Morgan fingerprint density at radius 2 is 2.19 bits per heavy atom. The van der Waals surface area contributed by atoms with E-state index in [0.29, 0.717) is 5.41 Å². The molecule has 0 saturated carbocycles. The van der Waals surface area contributed by atoms with E-state index in [1.54, 1.807) is 11.8 Å². The molecule has 0 radical (unpaired) electrons. The second-order valence-corrected chi connectivity index (χ2v) is 7.53. The third kappa shape index (κ3) is 3.96. The molecule has 2 fully saturated rings. The van der Waals surface area contributed by atoms with Gasteiger partial charge in [0.2, 0.25) is 0 Å². The van der Waals surface area contributed by atoms with Crippen LogP contribution < -0.4 is 5.32 Å². The van der Waals surface area contributed by atoms with Crippen LogP contribution in [0.15, 0.2) is 17.6 Å². The highest BCUT2D eigenvalue weighted by atomic mass is 32.2. The van der Waals surface area contributed by atoms with Gasteiger partial charge < -0.3 is 5.32 Å². The lowest BCUT2D eigenvalue weighted by Crippen LogP contribution is -2.44. The van der Waals surface area contributed by atoms with Crippen molar-refractivity contribution in [3.8, 4) is 0 Å². The largest absolute Gasteiger partial charge is 0.316 e. The zero-order valence-corrected chi connectivity index (χ0v) is 13.8. The number of nitrogens with zero attached hydrogens (tertiary/aromatic N) is 3. The molecule has 0 unspecified atom stereocenters. The van der Waals surface area contributed by atoms with Crippen LogP contribution in [0.4, 0.5) is 0 Å². The number of rotatable bonds is 5. The van der Waals surface area contributed by atoms with E-state index < -0.39 is 0 Å². The molecular formula is C16H26N4S. The molecule has 1 aromatic rings. The summed E-state index contributed by atoms with van der Waals surface area (Å²) in [5.41, 5.74) is 1.79. The topological polar surface area (TPSA) is 41.1 Å². The van der Waals surface area contributed by atoms with Gasteiger partial charge in [-0.1, -0.05) is 18.7 Å². The summed E-state index contributed by atoms with van der Waals surface area (Å²) in [6, 6.07) is 0. The van der Waals surface area contributed by atoms with Crippen molar-refractivity contribution in [2.24, 2.45) is 5.41 Å². The fourth-order valence-corrected chi connectivity index (χ4v) is 4.18. The lowest BCUT2D eigenvalue weighted by Gasteiger charge is -2.40. The average molecular weight is 306 g/mol. The first-order valence-corrected chi connectivity index (χ1v) is 9.15. The minimum Gasteiger partial charge on any atom is -0.316 e. The van der Waals surface area contributed by atoms with E-state index in [2.05, 4.69) is 27.1 Å². The summed E-state index contributed by atoms with van der Waals surface area (Å²) in [7, 11) is 0. The van der Waals surface area contributed by atoms with Crippen LogP contribution in [0.3, 0.4) is 0 Å². The molecule has 1 spiro atoms. The minimum atomic E-state index is 0.538. The molecule has 1 aromatic heterocycles. The van der Waals surface area contributed by atoms with Crippen LogP contribution in [0.25, 0.3) is 0 Å². The van der Waals surface area contributed by atoms with Gasteiger partial charge in [-0.3, -0.25) is 4.90 Å². The smallest absolute Gasteiger partial charge is 0.187 e. The molecule has 5 heteroatoms. The highest BCUT2D eigenvalue weighted by molar-refractivity contribution is 7.99. The van der Waals surface area contributed by atoms with Crippen LogP contribution in [0.1, 0.15) is 38.2 Å². The molecule has 0 aromatic carbocycles. The van der Waals surface area contributed by atoms with E-state index in [4.69, 9.17) is 0 Å². The van der Waals surface area contributed by atoms with Gasteiger partial charge in [-0.15, -0.1) is 0 Å². The van der Waals surface area contributed by atoms with E-state index in [0.717, 1.165) is 17.5 Å². The van der Waals surface area contributed by atoms with Gasteiger partial charge in [0.25, 0.3) is 0 Å². The van der Waals surface area contributed by atoms with Crippen LogP contribution in [0.5, 0.6) is 0 Å². The highest BCUT2D eigenvalue weighted by Gasteiger charge is 2.37. The van der Waals surface area contributed by atoms with E-state index in [-0.39, 0.29) is 0 Å². The van der Waals surface area contributed by atoms with Crippen molar-refractivity contribution < 1.29 is 0 Å². The number of aromatic nitrogens is 2. The molecule has 1 atom stereocenters. The monoisotopic (exact) mass is 306 g/mol. The Morgan fingerprint density at radius 1 is 1.33 bits per heavy atom. The van der Waals surface area contributed by atoms with Crippen LogP contribution in [0.2, 0.25) is 0 Å². The third-order valence-electron chi connectivity index (χ3n) is 4.60. The van der Waals surface area contributed by atoms with Crippen molar-refractivity contribution in [3.05, 3.63) is 18.0 Å². The van der Waals surface area contributed by atoms with Crippen molar-refractivity contribution >= 4 is 11.8 Å². The maximum Gasteiger partial charge on any atom is 0.187 e. The predicted octanol–water partition coefficient (Wildman–Crippen LogP) is 2.55. The second kappa shape index (κ2) is 7.07. The van der Waals surface area contributed by atoms with Crippen molar-refractivity contribution in [3.63, 3.8) is 0 Å². The van der Waals surface area contributed by atoms with Gasteiger partial charge in [-0.2, -0.15) is 0 Å². The summed E-state index contributed by atoms with van der Waals surface area (Å²) in [4.78, 5) is 11.6. The van der Waals surface area contributed by atoms with Crippen LogP contribution in [0, 0.1) is 5.41 Å². The molecule has 0 amide bonds. The molecule has 2 aliphatic heterocycles. The van der Waals surface area contributed by atoms with Crippen molar-refractivity contribution in [2.45, 2.75) is 44.3 Å². The normalized spacial score (nSPS) is 26.5. The van der Waals surface area contributed by atoms with Gasteiger partial charge in [0.05, 0.1) is 0 Å². The summed E-state index contributed by atoms with van der Waals surface area (Å²) < 4.78 is 0. The summed E-state index contributed by atoms with van der Waals surface area (Å²) in [5, 5.41) is 4.45. The first kappa shape index (κ1) is 15.3. The Balaban J connectivity index is 1.55. The Bertz CT molecular complexity index is 442. The Kier molecular flexibility index (Phi) is 5.14. The molecule has 2 saturated heterocycles. The van der Waals surface area contributed by atoms with Gasteiger partial charge in [0, 0.05) is 43.3 Å². The number of nitrogens with one attached hydrogen (secondary N) is 1. The number of hydrogen-bond donors (Lipinski definition) is 1. The molecule has 3 rings (SSSR count). The Labute approximate surface area is 132 Å². The highest BCUT2D eigenvalue weighted by Crippen LogP contribution is 2.35. The lowest BCUT2D eigenvalue weighted by molar-refractivity contribution is 0.0976. The molecule has 116 valence electrons. The fourth-order valence-electron chi connectivity index (χ4n) is 3.54. The summed E-state index contributed by atoms with van der Waals surface area (Å²) >= 11 is 1.75. The molecule has 21 heavy (non-hydrogen) atoms. The van der Waals surface area contributed by atoms with Crippen LogP contribution >= 0.6 is 11.8 Å². The molecule has 2 aliphatic rings. The van der Waals surface area contributed by atoms with Crippen molar-refractivity contribution in [1.29, 1.82) is 0 Å².